The van der Waals surface area contributed by atoms with Gasteiger partial charge in [-0.3, -0.25) is 9.59 Å². The highest BCUT2D eigenvalue weighted by atomic mass is 32.2. The lowest BCUT2D eigenvalue weighted by molar-refractivity contribution is -0.123. The highest BCUT2D eigenvalue weighted by Crippen LogP contribution is 2.28. The lowest BCUT2D eigenvalue weighted by Gasteiger charge is -2.13. The molecular formula is C24H33N3O6S. The van der Waals surface area contributed by atoms with Crippen LogP contribution in [0, 0.1) is 0 Å². The van der Waals surface area contributed by atoms with Crippen molar-refractivity contribution in [1.82, 2.24) is 15.4 Å². The molecule has 0 radical (unpaired) electrons. The molecule has 2 aromatic carbocycles. The van der Waals surface area contributed by atoms with Gasteiger partial charge in [0.25, 0.3) is 11.8 Å². The zero-order valence-electron chi connectivity index (χ0n) is 20.2. The Bertz CT molecular complexity index is 1080. The van der Waals surface area contributed by atoms with Crippen molar-refractivity contribution >= 4 is 21.8 Å². The number of hydrogen-bond acceptors (Lipinski definition) is 6. The quantitative estimate of drug-likeness (QED) is 0.419. The maximum Gasteiger partial charge on any atom is 0.258 e. The Balaban J connectivity index is 1.94. The number of benzene rings is 2. The van der Waals surface area contributed by atoms with Gasteiger partial charge in [-0.2, -0.15) is 0 Å². The molecule has 2 aromatic rings. The molecule has 3 N–H and O–H groups in total. The normalized spacial score (nSPS) is 11.4. The van der Waals surface area contributed by atoms with Crippen LogP contribution in [-0.4, -0.2) is 46.0 Å². The van der Waals surface area contributed by atoms with Crippen molar-refractivity contribution in [3.8, 4) is 11.5 Å². The van der Waals surface area contributed by atoms with Gasteiger partial charge in [0.1, 0.15) is 0 Å². The van der Waals surface area contributed by atoms with Crippen LogP contribution >= 0.6 is 0 Å². The molecule has 0 aliphatic heterocycles. The summed E-state index contributed by atoms with van der Waals surface area (Å²) in [6, 6.07) is 11.6. The number of rotatable bonds is 12. The fraction of sp³-hybridized carbons (Fsp3) is 0.417. The standard InChI is InChI=1S/C24H33N3O6S/c1-16(2)26-23(28)14-33-21-11-10-20(12-22(21)32-5)24(29)25-13-18-6-8-19(9-7-18)15-34(30,31)27-17(3)4/h6-12,16-17,27H,13-15H2,1-5H3,(H,25,29)(H,26,28). The van der Waals surface area contributed by atoms with E-state index in [0.717, 1.165) is 5.56 Å². The molecule has 0 heterocycles. The average Bonchev–Trinajstić information content (AvgIpc) is 2.75. The third kappa shape index (κ3) is 9.03. The van der Waals surface area contributed by atoms with Crippen LogP contribution in [0.3, 0.4) is 0 Å². The van der Waals surface area contributed by atoms with E-state index in [1.54, 1.807) is 56.3 Å². The van der Waals surface area contributed by atoms with Crippen molar-refractivity contribution in [1.29, 1.82) is 0 Å². The van der Waals surface area contributed by atoms with Crippen molar-refractivity contribution in [3.05, 3.63) is 59.2 Å². The van der Waals surface area contributed by atoms with E-state index >= 15 is 0 Å². The van der Waals surface area contributed by atoms with Gasteiger partial charge in [-0.25, -0.2) is 13.1 Å². The van der Waals surface area contributed by atoms with Gasteiger partial charge in [-0.05, 0) is 57.0 Å². The van der Waals surface area contributed by atoms with Crippen LogP contribution in [0.2, 0.25) is 0 Å². The summed E-state index contributed by atoms with van der Waals surface area (Å²) in [5.41, 5.74) is 1.86. The predicted molar refractivity (Wildman–Crippen MR) is 130 cm³/mol. The topological polar surface area (TPSA) is 123 Å². The maximum atomic E-state index is 12.6. The van der Waals surface area contributed by atoms with E-state index < -0.39 is 10.0 Å². The molecule has 0 aromatic heterocycles. The third-order valence-corrected chi connectivity index (χ3v) is 6.03. The van der Waals surface area contributed by atoms with E-state index in [1.807, 2.05) is 13.8 Å². The zero-order chi connectivity index (χ0) is 25.3. The number of ether oxygens (including phenoxy) is 2. The summed E-state index contributed by atoms with van der Waals surface area (Å²) in [6.07, 6.45) is 0. The third-order valence-electron chi connectivity index (χ3n) is 4.48. The number of methoxy groups -OCH3 is 1. The van der Waals surface area contributed by atoms with Crippen LogP contribution in [-0.2, 0) is 27.1 Å². The van der Waals surface area contributed by atoms with E-state index in [4.69, 9.17) is 9.47 Å². The van der Waals surface area contributed by atoms with Crippen LogP contribution < -0.4 is 24.8 Å². The van der Waals surface area contributed by atoms with Gasteiger partial charge in [0.15, 0.2) is 18.1 Å². The first-order valence-corrected chi connectivity index (χ1v) is 12.6. The highest BCUT2D eigenvalue weighted by molar-refractivity contribution is 7.88. The molecule has 34 heavy (non-hydrogen) atoms. The molecule has 0 atom stereocenters. The van der Waals surface area contributed by atoms with Gasteiger partial charge >= 0.3 is 0 Å². The molecule has 9 nitrogen and oxygen atoms in total. The molecule has 2 amide bonds. The molecule has 186 valence electrons. The Morgan fingerprint density at radius 1 is 0.912 bits per heavy atom. The summed E-state index contributed by atoms with van der Waals surface area (Å²) in [7, 11) is -1.94. The van der Waals surface area contributed by atoms with Crippen molar-refractivity contribution < 1.29 is 27.5 Å². The number of hydrogen-bond donors (Lipinski definition) is 3. The second kappa shape index (κ2) is 12.4. The Hall–Kier alpha value is -3.11. The van der Waals surface area contributed by atoms with Crippen molar-refractivity contribution in [3.63, 3.8) is 0 Å². The Morgan fingerprint density at radius 3 is 2.15 bits per heavy atom. The Morgan fingerprint density at radius 2 is 1.56 bits per heavy atom. The molecule has 0 fully saturated rings. The SMILES string of the molecule is COc1cc(C(=O)NCc2ccc(CS(=O)(=O)NC(C)C)cc2)ccc1OCC(=O)NC(C)C. The molecule has 0 saturated carbocycles. The predicted octanol–water partition coefficient (Wildman–Crippen LogP) is 2.36. The first-order chi connectivity index (χ1) is 16.0. The minimum Gasteiger partial charge on any atom is -0.493 e. The summed E-state index contributed by atoms with van der Waals surface area (Å²) in [6.45, 7) is 7.36. The number of sulfonamides is 1. The van der Waals surface area contributed by atoms with Crippen LogP contribution in [0.15, 0.2) is 42.5 Å². The van der Waals surface area contributed by atoms with E-state index in [2.05, 4.69) is 15.4 Å². The van der Waals surface area contributed by atoms with Gasteiger partial charge < -0.3 is 20.1 Å². The number of carbonyl (C=O) groups is 2. The maximum absolute atomic E-state index is 12.6. The molecule has 0 unspecified atom stereocenters. The Labute approximate surface area is 201 Å². The molecule has 0 spiro atoms. The summed E-state index contributed by atoms with van der Waals surface area (Å²) in [5, 5.41) is 5.55. The van der Waals surface area contributed by atoms with Crippen LogP contribution in [0.1, 0.15) is 49.2 Å². The van der Waals surface area contributed by atoms with E-state index in [-0.39, 0.29) is 42.8 Å². The smallest absolute Gasteiger partial charge is 0.258 e. The van der Waals surface area contributed by atoms with Gasteiger partial charge in [0.05, 0.1) is 12.9 Å². The lowest BCUT2D eigenvalue weighted by Crippen LogP contribution is -2.34. The minimum absolute atomic E-state index is 0.00944. The highest BCUT2D eigenvalue weighted by Gasteiger charge is 2.14. The zero-order valence-corrected chi connectivity index (χ0v) is 21.0. The number of nitrogens with one attached hydrogen (secondary N) is 3. The molecule has 0 aliphatic carbocycles. The summed E-state index contributed by atoms with van der Waals surface area (Å²) >= 11 is 0. The fourth-order valence-corrected chi connectivity index (χ4v) is 4.53. The molecule has 0 bridgehead atoms. The Kier molecular flexibility index (Phi) is 9.88. The second-order valence-electron chi connectivity index (χ2n) is 8.41. The summed E-state index contributed by atoms with van der Waals surface area (Å²) < 4.78 is 37.5. The van der Waals surface area contributed by atoms with Crippen LogP contribution in [0.4, 0.5) is 0 Å². The van der Waals surface area contributed by atoms with Gasteiger partial charge in [0, 0.05) is 24.2 Å². The van der Waals surface area contributed by atoms with E-state index in [9.17, 15) is 18.0 Å². The van der Waals surface area contributed by atoms with Gasteiger partial charge in [-0.15, -0.1) is 0 Å². The monoisotopic (exact) mass is 491 g/mol. The van der Waals surface area contributed by atoms with Crippen molar-refractivity contribution in [2.75, 3.05) is 13.7 Å². The van der Waals surface area contributed by atoms with Crippen molar-refractivity contribution in [2.24, 2.45) is 0 Å². The van der Waals surface area contributed by atoms with Gasteiger partial charge in [-0.1, -0.05) is 24.3 Å². The van der Waals surface area contributed by atoms with E-state index in [0.29, 0.717) is 22.6 Å². The number of carbonyl (C=O) groups excluding carboxylic acids is 2. The average molecular weight is 492 g/mol. The first-order valence-electron chi connectivity index (χ1n) is 10.9. The van der Waals surface area contributed by atoms with Gasteiger partial charge in [0.2, 0.25) is 10.0 Å². The van der Waals surface area contributed by atoms with Crippen LogP contribution in [0.25, 0.3) is 0 Å². The molecule has 0 aliphatic rings. The summed E-state index contributed by atoms with van der Waals surface area (Å²) in [5.74, 6) is 0.0282. The fourth-order valence-electron chi connectivity index (χ4n) is 3.09. The molecule has 0 saturated heterocycles. The molecular weight excluding hydrogens is 458 g/mol. The molecule has 2 rings (SSSR count). The summed E-state index contributed by atoms with van der Waals surface area (Å²) in [4.78, 5) is 24.4. The minimum atomic E-state index is -3.40. The number of amides is 2. The second-order valence-corrected chi connectivity index (χ2v) is 10.2. The van der Waals surface area contributed by atoms with Crippen LogP contribution in [0.5, 0.6) is 11.5 Å². The first kappa shape index (κ1) is 27.1. The molecule has 10 heteroatoms. The van der Waals surface area contributed by atoms with Crippen molar-refractivity contribution in [2.45, 2.75) is 52.1 Å². The van der Waals surface area contributed by atoms with E-state index in [1.165, 1.54) is 7.11 Å². The lowest BCUT2D eigenvalue weighted by atomic mass is 10.1. The largest absolute Gasteiger partial charge is 0.493 e.